The predicted molar refractivity (Wildman–Crippen MR) is 88.9 cm³/mol. The first kappa shape index (κ1) is 18.4. The van der Waals surface area contributed by atoms with E-state index in [1.807, 2.05) is 0 Å². The molecule has 1 heterocycles. The number of thiophene rings is 1. The molecule has 0 spiro atoms. The molecule has 128 valence electrons. The van der Waals surface area contributed by atoms with Crippen molar-refractivity contribution < 1.29 is 23.8 Å². The third-order valence-corrected chi connectivity index (χ3v) is 4.54. The Labute approximate surface area is 147 Å². The number of nitrogens with one attached hydrogen (secondary N) is 1. The number of carboxylic acid groups (broad SMARTS) is 1. The topological polar surface area (TPSA) is 75.6 Å². The minimum atomic E-state index is -1.11. The fraction of sp³-hybridized carbons (Fsp3) is 0.250. The number of methoxy groups -OCH3 is 1. The van der Waals surface area contributed by atoms with Gasteiger partial charge in [-0.2, -0.15) is 0 Å². The van der Waals surface area contributed by atoms with Gasteiger partial charge in [-0.25, -0.2) is 4.39 Å². The summed E-state index contributed by atoms with van der Waals surface area (Å²) in [6, 6.07) is 4.83. The average Bonchev–Trinajstić information content (AvgIpc) is 2.97. The Morgan fingerprint density at radius 2 is 2.17 bits per heavy atom. The van der Waals surface area contributed by atoms with Crippen molar-refractivity contribution in [2.45, 2.75) is 19.1 Å². The van der Waals surface area contributed by atoms with Gasteiger partial charge in [0.05, 0.1) is 29.0 Å². The molecule has 1 aromatic carbocycles. The number of amides is 1. The summed E-state index contributed by atoms with van der Waals surface area (Å²) in [4.78, 5) is 24.0. The lowest BCUT2D eigenvalue weighted by molar-refractivity contribution is -0.137. The molecule has 0 fully saturated rings. The van der Waals surface area contributed by atoms with Gasteiger partial charge in [-0.3, -0.25) is 9.59 Å². The first-order valence-electron chi connectivity index (χ1n) is 6.95. The highest BCUT2D eigenvalue weighted by molar-refractivity contribution is 7.12. The summed E-state index contributed by atoms with van der Waals surface area (Å²) in [6.45, 7) is 0.269. The molecule has 2 aromatic rings. The van der Waals surface area contributed by atoms with E-state index in [1.165, 1.54) is 30.6 Å². The average molecular weight is 372 g/mol. The van der Waals surface area contributed by atoms with E-state index in [4.69, 9.17) is 21.4 Å². The van der Waals surface area contributed by atoms with E-state index in [1.54, 1.807) is 11.4 Å². The van der Waals surface area contributed by atoms with E-state index in [-0.39, 0.29) is 18.1 Å². The summed E-state index contributed by atoms with van der Waals surface area (Å²) in [7, 11) is 1.52. The van der Waals surface area contributed by atoms with Gasteiger partial charge < -0.3 is 15.2 Å². The highest BCUT2D eigenvalue weighted by atomic mass is 35.5. The Balaban J connectivity index is 2.25. The Kier molecular flexibility index (Phi) is 6.30. The Morgan fingerprint density at radius 3 is 2.79 bits per heavy atom. The molecule has 1 atom stereocenters. The minimum absolute atomic E-state index is 0.0696. The number of carbonyl (C=O) groups excluding carboxylic acids is 1. The molecule has 1 aromatic heterocycles. The second-order valence-corrected chi connectivity index (χ2v) is 6.33. The van der Waals surface area contributed by atoms with E-state index in [9.17, 15) is 14.0 Å². The number of benzene rings is 1. The van der Waals surface area contributed by atoms with Crippen LogP contribution < -0.4 is 5.32 Å². The van der Waals surface area contributed by atoms with Crippen LogP contribution >= 0.6 is 22.9 Å². The molecule has 0 aliphatic heterocycles. The van der Waals surface area contributed by atoms with Crippen molar-refractivity contribution in [1.29, 1.82) is 0 Å². The van der Waals surface area contributed by atoms with Gasteiger partial charge in [0.2, 0.25) is 0 Å². The van der Waals surface area contributed by atoms with Crippen molar-refractivity contribution in [3.8, 4) is 0 Å². The molecule has 0 aliphatic rings. The van der Waals surface area contributed by atoms with Crippen LogP contribution in [0.3, 0.4) is 0 Å². The molecule has 1 amide bonds. The summed E-state index contributed by atoms with van der Waals surface area (Å²) >= 11 is 6.87. The third kappa shape index (κ3) is 4.53. The molecular formula is C16H15ClFNO4S. The van der Waals surface area contributed by atoms with Crippen molar-refractivity contribution in [3.63, 3.8) is 0 Å². The number of rotatable bonds is 7. The van der Waals surface area contributed by atoms with Crippen LogP contribution in [-0.4, -0.2) is 24.1 Å². The molecule has 0 saturated heterocycles. The minimum Gasteiger partial charge on any atom is -0.481 e. The van der Waals surface area contributed by atoms with Gasteiger partial charge in [-0.15, -0.1) is 11.3 Å². The zero-order chi connectivity index (χ0) is 17.7. The third-order valence-electron chi connectivity index (χ3n) is 3.28. The summed E-state index contributed by atoms with van der Waals surface area (Å²) in [5, 5.41) is 13.4. The van der Waals surface area contributed by atoms with Crippen molar-refractivity contribution in [2.75, 3.05) is 7.11 Å². The number of carboxylic acids is 1. The fourth-order valence-electron chi connectivity index (χ4n) is 2.18. The lowest BCUT2D eigenvalue weighted by Crippen LogP contribution is -2.30. The van der Waals surface area contributed by atoms with Gasteiger partial charge in [0, 0.05) is 12.7 Å². The second-order valence-electron chi connectivity index (χ2n) is 5.01. The van der Waals surface area contributed by atoms with E-state index in [0.29, 0.717) is 16.0 Å². The molecule has 0 radical (unpaired) electrons. The number of aliphatic carboxylic acids is 1. The van der Waals surface area contributed by atoms with Crippen LogP contribution in [-0.2, 0) is 16.1 Å². The maximum atomic E-state index is 13.6. The first-order valence-corrected chi connectivity index (χ1v) is 8.21. The predicted octanol–water partition coefficient (Wildman–Crippen LogP) is 3.63. The van der Waals surface area contributed by atoms with E-state index < -0.39 is 23.7 Å². The standard InChI is InChI=1S/C16H15ClFNO4S/c1-23-8-10-4-5-24-15(10)16(22)19-13(7-14(20)21)9-2-3-11(17)12(18)6-9/h2-6,13H,7-8H2,1H3,(H,19,22)(H,20,21). The van der Waals surface area contributed by atoms with Crippen LogP contribution in [0.25, 0.3) is 0 Å². The zero-order valence-electron chi connectivity index (χ0n) is 12.7. The van der Waals surface area contributed by atoms with Crippen LogP contribution in [0.15, 0.2) is 29.6 Å². The Hall–Kier alpha value is -1.96. The van der Waals surface area contributed by atoms with Crippen LogP contribution in [0.4, 0.5) is 4.39 Å². The maximum absolute atomic E-state index is 13.6. The summed E-state index contributed by atoms with van der Waals surface area (Å²) in [5.74, 6) is -2.22. The lowest BCUT2D eigenvalue weighted by Gasteiger charge is -2.18. The molecule has 0 aliphatic carbocycles. The van der Waals surface area contributed by atoms with Gasteiger partial charge >= 0.3 is 5.97 Å². The lowest BCUT2D eigenvalue weighted by atomic mass is 10.0. The maximum Gasteiger partial charge on any atom is 0.305 e. The van der Waals surface area contributed by atoms with Crippen molar-refractivity contribution in [1.82, 2.24) is 5.32 Å². The SMILES string of the molecule is COCc1ccsc1C(=O)NC(CC(=O)O)c1ccc(Cl)c(F)c1. The highest BCUT2D eigenvalue weighted by Gasteiger charge is 2.22. The Morgan fingerprint density at radius 1 is 1.42 bits per heavy atom. The van der Waals surface area contributed by atoms with Gasteiger partial charge in [0.25, 0.3) is 5.91 Å². The van der Waals surface area contributed by atoms with Crippen molar-refractivity contribution in [3.05, 3.63) is 56.5 Å². The van der Waals surface area contributed by atoms with Gasteiger partial charge in [-0.05, 0) is 29.1 Å². The summed E-state index contributed by atoms with van der Waals surface area (Å²) < 4.78 is 18.7. The van der Waals surface area contributed by atoms with Crippen molar-refractivity contribution >= 4 is 34.8 Å². The normalized spacial score (nSPS) is 12.0. The van der Waals surface area contributed by atoms with E-state index in [0.717, 1.165) is 6.07 Å². The number of hydrogen-bond acceptors (Lipinski definition) is 4. The molecule has 8 heteroatoms. The van der Waals surface area contributed by atoms with Crippen LogP contribution in [0.5, 0.6) is 0 Å². The van der Waals surface area contributed by atoms with Gasteiger partial charge in [0.15, 0.2) is 0 Å². The Bertz CT molecular complexity index is 749. The summed E-state index contributed by atoms with van der Waals surface area (Å²) in [5.41, 5.74) is 1.04. The molecule has 1 unspecified atom stereocenters. The second kappa shape index (κ2) is 8.23. The molecule has 5 nitrogen and oxygen atoms in total. The fourth-order valence-corrected chi connectivity index (χ4v) is 3.11. The molecule has 2 N–H and O–H groups in total. The largest absolute Gasteiger partial charge is 0.481 e. The van der Waals surface area contributed by atoms with E-state index in [2.05, 4.69) is 5.32 Å². The quantitative estimate of drug-likeness (QED) is 0.779. The summed E-state index contributed by atoms with van der Waals surface area (Å²) in [6.07, 6.45) is -0.377. The number of halogens is 2. The molecule has 2 rings (SSSR count). The number of hydrogen-bond donors (Lipinski definition) is 2. The zero-order valence-corrected chi connectivity index (χ0v) is 14.3. The van der Waals surface area contributed by atoms with E-state index >= 15 is 0 Å². The highest BCUT2D eigenvalue weighted by Crippen LogP contribution is 2.24. The first-order chi connectivity index (χ1) is 11.4. The number of ether oxygens (including phenoxy) is 1. The number of carbonyl (C=O) groups is 2. The monoisotopic (exact) mass is 371 g/mol. The smallest absolute Gasteiger partial charge is 0.305 e. The molecule has 0 saturated carbocycles. The molecule has 0 bridgehead atoms. The van der Waals surface area contributed by atoms with Crippen molar-refractivity contribution in [2.24, 2.45) is 0 Å². The van der Waals surface area contributed by atoms with Crippen LogP contribution in [0.2, 0.25) is 5.02 Å². The van der Waals surface area contributed by atoms with Gasteiger partial charge in [0.1, 0.15) is 5.82 Å². The van der Waals surface area contributed by atoms with Gasteiger partial charge in [-0.1, -0.05) is 17.7 Å². The molecular weight excluding hydrogens is 357 g/mol. The van der Waals surface area contributed by atoms with Crippen LogP contribution in [0.1, 0.15) is 33.3 Å². The van der Waals surface area contributed by atoms with Crippen LogP contribution in [0, 0.1) is 5.82 Å². The molecule has 24 heavy (non-hydrogen) atoms.